The van der Waals surface area contributed by atoms with Crippen molar-refractivity contribution < 1.29 is 14.0 Å². The Kier molecular flexibility index (Phi) is 4.34. The molecular weight excluding hydrogens is 569 g/mol. The van der Waals surface area contributed by atoms with E-state index in [1.165, 1.54) is 16.3 Å². The zero-order valence-electron chi connectivity index (χ0n) is 32.0. The zero-order chi connectivity index (χ0) is 37.0. The fraction of sp³-hybridized carbons (Fsp3) is 0. The molecule has 0 bridgehead atoms. The molecule has 0 N–H and O–H groups in total. The lowest BCUT2D eigenvalue weighted by Gasteiger charge is -2.18. The average molecular weight is 604 g/mol. The van der Waals surface area contributed by atoms with Crippen LogP contribution >= 0.6 is 0 Å². The monoisotopic (exact) mass is 603 g/mol. The highest BCUT2D eigenvalue weighted by Crippen LogP contribution is 2.45. The minimum absolute atomic E-state index is 0.0623. The van der Waals surface area contributed by atoms with Crippen LogP contribution in [0.1, 0.15) is 9.60 Å². The van der Waals surface area contributed by atoms with Gasteiger partial charge in [-0.2, -0.15) is 0 Å². The van der Waals surface area contributed by atoms with E-state index in [4.69, 9.17) is 14.0 Å². The minimum atomic E-state index is -0.472. The normalized spacial score (nSPS) is 13.9. The molecule has 0 radical (unpaired) electrons. The maximum absolute atomic E-state index is 8.86. The Labute approximate surface area is 281 Å². The van der Waals surface area contributed by atoms with E-state index in [2.05, 4.69) is 103 Å². The fourth-order valence-corrected chi connectivity index (χ4v) is 7.21. The molecule has 1 heterocycles. The topological polar surface area (TPSA) is 13.1 Å². The van der Waals surface area contributed by atoms with Crippen molar-refractivity contribution in [1.29, 1.82) is 0 Å². The summed E-state index contributed by atoms with van der Waals surface area (Å²) in [6.45, 7) is 0. The molecular formula is C46H28O. The van der Waals surface area contributed by atoms with E-state index in [9.17, 15) is 0 Å². The summed E-state index contributed by atoms with van der Waals surface area (Å²) < 4.78 is 66.1. The van der Waals surface area contributed by atoms with E-state index < -0.39 is 30.2 Å². The summed E-state index contributed by atoms with van der Waals surface area (Å²) >= 11 is 0. The van der Waals surface area contributed by atoms with Gasteiger partial charge in [-0.05, 0) is 107 Å². The van der Waals surface area contributed by atoms with Gasteiger partial charge >= 0.3 is 0 Å². The third-order valence-electron chi connectivity index (χ3n) is 9.33. The SMILES string of the molecule is [2H]c1c([2H])c([2H])c2c(-c3ccc4oc5cc(-c6c7ccccc7c(-c7ccc8ccccc8c7)c7ccccc67)ccc5c4c3)c([2H])c([2H])c([2H])c2c1[2H]. The van der Waals surface area contributed by atoms with Crippen molar-refractivity contribution in [2.45, 2.75) is 0 Å². The molecule has 1 heteroatoms. The van der Waals surface area contributed by atoms with Crippen molar-refractivity contribution in [3.8, 4) is 33.4 Å². The Morgan fingerprint density at radius 3 is 1.74 bits per heavy atom. The first-order chi connectivity index (χ1) is 26.2. The highest BCUT2D eigenvalue weighted by molar-refractivity contribution is 6.22. The summed E-state index contributed by atoms with van der Waals surface area (Å²) in [5.41, 5.74) is 6.43. The van der Waals surface area contributed by atoms with Gasteiger partial charge in [0.1, 0.15) is 11.2 Å². The van der Waals surface area contributed by atoms with E-state index in [0.717, 1.165) is 49.0 Å². The van der Waals surface area contributed by atoms with Crippen LogP contribution in [0, 0.1) is 0 Å². The van der Waals surface area contributed by atoms with E-state index in [-0.39, 0.29) is 28.4 Å². The summed E-state index contributed by atoms with van der Waals surface area (Å²) in [5, 5.41) is 8.56. The maximum Gasteiger partial charge on any atom is 0.136 e. The lowest BCUT2D eigenvalue weighted by atomic mass is 9.85. The van der Waals surface area contributed by atoms with Crippen molar-refractivity contribution >= 4 is 65.0 Å². The van der Waals surface area contributed by atoms with Crippen LogP contribution in [0.5, 0.6) is 0 Å². The number of benzene rings is 9. The molecule has 1 aromatic heterocycles. The standard InChI is InChI=1S/C46H28O/c1-2-12-31-26-33(21-20-29(31)10-1)45-38-15-5-7-17-40(38)46(41-18-8-6-16-39(41)45)34-22-24-37-42-27-32(23-25-43(42)47-44(37)28-34)36-19-9-13-30-11-3-4-14-35(30)36/h1-28H/i3D,4D,9D,11D,13D,14D,19D. The first kappa shape index (κ1) is 20.0. The number of rotatable bonds is 3. The number of furan rings is 1. The molecule has 218 valence electrons. The molecule has 47 heavy (non-hydrogen) atoms. The first-order valence-electron chi connectivity index (χ1n) is 19.1. The van der Waals surface area contributed by atoms with Crippen LogP contribution in [0.15, 0.2) is 174 Å². The van der Waals surface area contributed by atoms with Crippen LogP contribution in [0.4, 0.5) is 0 Å². The minimum Gasteiger partial charge on any atom is -0.456 e. The third kappa shape index (κ3) is 4.03. The summed E-state index contributed by atoms with van der Waals surface area (Å²) in [6.07, 6.45) is 0. The molecule has 0 unspecified atom stereocenters. The number of fused-ring (bicyclic) bond motifs is 7. The van der Waals surface area contributed by atoms with E-state index in [1.807, 2.05) is 12.1 Å². The number of hydrogen-bond acceptors (Lipinski definition) is 1. The molecule has 1 nitrogen and oxygen atoms in total. The largest absolute Gasteiger partial charge is 0.456 e. The van der Waals surface area contributed by atoms with Crippen molar-refractivity contribution in [3.63, 3.8) is 0 Å². The predicted octanol–water partition coefficient (Wildman–Crippen LogP) is 13.2. The van der Waals surface area contributed by atoms with E-state index in [1.54, 1.807) is 12.1 Å². The first-order valence-corrected chi connectivity index (χ1v) is 15.6. The second kappa shape index (κ2) is 10.2. The average Bonchev–Trinajstić information content (AvgIpc) is 3.57. The van der Waals surface area contributed by atoms with Gasteiger partial charge in [-0.25, -0.2) is 0 Å². The van der Waals surface area contributed by atoms with Gasteiger partial charge in [-0.1, -0.05) is 139 Å². The number of hydrogen-bond donors (Lipinski definition) is 0. The van der Waals surface area contributed by atoms with Gasteiger partial charge in [-0.3, -0.25) is 0 Å². The Balaban J connectivity index is 1.19. The Morgan fingerprint density at radius 2 is 0.979 bits per heavy atom. The molecule has 0 aliphatic rings. The summed E-state index contributed by atoms with van der Waals surface area (Å²) in [6, 6.07) is 41.0. The maximum atomic E-state index is 8.86. The van der Waals surface area contributed by atoms with E-state index >= 15 is 0 Å². The van der Waals surface area contributed by atoms with Crippen molar-refractivity contribution in [2.75, 3.05) is 0 Å². The highest BCUT2D eigenvalue weighted by Gasteiger charge is 2.18. The molecule has 9 aromatic carbocycles. The summed E-state index contributed by atoms with van der Waals surface area (Å²) in [7, 11) is 0. The van der Waals surface area contributed by atoms with E-state index in [0.29, 0.717) is 16.7 Å². The second-order valence-corrected chi connectivity index (χ2v) is 11.9. The molecule has 0 aliphatic heterocycles. The van der Waals surface area contributed by atoms with Gasteiger partial charge in [0.2, 0.25) is 0 Å². The van der Waals surface area contributed by atoms with Gasteiger partial charge in [0.25, 0.3) is 0 Å². The van der Waals surface area contributed by atoms with Crippen LogP contribution in [0.2, 0.25) is 0 Å². The molecule has 10 rings (SSSR count). The molecule has 0 amide bonds. The Morgan fingerprint density at radius 1 is 0.362 bits per heavy atom. The van der Waals surface area contributed by atoms with Gasteiger partial charge in [0.15, 0.2) is 0 Å². The van der Waals surface area contributed by atoms with Crippen LogP contribution in [-0.2, 0) is 0 Å². The molecule has 0 spiro atoms. The second-order valence-electron chi connectivity index (χ2n) is 11.9. The third-order valence-corrected chi connectivity index (χ3v) is 9.33. The molecule has 0 fully saturated rings. The van der Waals surface area contributed by atoms with Crippen LogP contribution in [0.25, 0.3) is 98.4 Å². The quantitative estimate of drug-likeness (QED) is 0.183. The van der Waals surface area contributed by atoms with Gasteiger partial charge in [0.05, 0.1) is 9.60 Å². The van der Waals surface area contributed by atoms with Gasteiger partial charge < -0.3 is 4.42 Å². The van der Waals surface area contributed by atoms with Crippen molar-refractivity contribution in [1.82, 2.24) is 0 Å². The molecule has 10 aromatic rings. The zero-order valence-corrected chi connectivity index (χ0v) is 25.0. The molecule has 0 saturated carbocycles. The lowest BCUT2D eigenvalue weighted by molar-refractivity contribution is 0.669. The van der Waals surface area contributed by atoms with Crippen LogP contribution in [-0.4, -0.2) is 0 Å². The Hall–Kier alpha value is -6.18. The Bertz CT molecular complexity index is 3190. The van der Waals surface area contributed by atoms with Gasteiger partial charge in [-0.15, -0.1) is 0 Å². The smallest absolute Gasteiger partial charge is 0.136 e. The van der Waals surface area contributed by atoms with Crippen LogP contribution in [0.3, 0.4) is 0 Å². The molecule has 0 saturated heterocycles. The summed E-state index contributed by atoms with van der Waals surface area (Å²) in [5.74, 6) is 0. The molecule has 0 atom stereocenters. The summed E-state index contributed by atoms with van der Waals surface area (Å²) in [4.78, 5) is 0. The highest BCUT2D eigenvalue weighted by atomic mass is 16.3. The fourth-order valence-electron chi connectivity index (χ4n) is 7.21. The van der Waals surface area contributed by atoms with Crippen molar-refractivity contribution in [3.05, 3.63) is 170 Å². The van der Waals surface area contributed by atoms with Crippen LogP contribution < -0.4 is 0 Å². The van der Waals surface area contributed by atoms with Crippen molar-refractivity contribution in [2.24, 2.45) is 0 Å². The molecule has 0 aliphatic carbocycles. The lowest BCUT2D eigenvalue weighted by Crippen LogP contribution is -1.91. The predicted molar refractivity (Wildman–Crippen MR) is 200 cm³/mol. The van der Waals surface area contributed by atoms with Gasteiger partial charge in [0, 0.05) is 10.8 Å².